The molecule has 0 aromatic heterocycles. The van der Waals surface area contributed by atoms with Crippen molar-refractivity contribution in [2.24, 2.45) is 0 Å². The maximum Gasteiger partial charge on any atom is 0.319 e. The summed E-state index contributed by atoms with van der Waals surface area (Å²) >= 11 is 0. The van der Waals surface area contributed by atoms with Crippen LogP contribution in [0.2, 0.25) is 0 Å². The number of urea groups is 1. The second-order valence-corrected chi connectivity index (χ2v) is 7.15. The number of para-hydroxylation sites is 2. The van der Waals surface area contributed by atoms with Crippen molar-refractivity contribution in [1.29, 1.82) is 0 Å². The van der Waals surface area contributed by atoms with Crippen molar-refractivity contribution in [1.82, 2.24) is 10.2 Å². The summed E-state index contributed by atoms with van der Waals surface area (Å²) in [7, 11) is 2.21. The highest BCUT2D eigenvalue weighted by Crippen LogP contribution is 2.34. The lowest BCUT2D eigenvalue weighted by atomic mass is 9.98. The third-order valence-corrected chi connectivity index (χ3v) is 5.47. The fourth-order valence-electron chi connectivity index (χ4n) is 3.85. The Morgan fingerprint density at radius 1 is 1.29 bits per heavy atom. The van der Waals surface area contributed by atoms with Crippen molar-refractivity contribution >= 4 is 11.7 Å². The van der Waals surface area contributed by atoms with E-state index in [0.717, 1.165) is 30.7 Å². The summed E-state index contributed by atoms with van der Waals surface area (Å²) in [6, 6.07) is 8.99. The Labute approximate surface area is 144 Å². The van der Waals surface area contributed by atoms with Gasteiger partial charge in [-0.2, -0.15) is 0 Å². The van der Waals surface area contributed by atoms with E-state index < -0.39 is 0 Å². The Morgan fingerprint density at radius 3 is 2.62 bits per heavy atom. The standard InChI is InChI=1S/C19H29N3O2/c1-4-13(2)24-18-8-6-5-7-17(18)21-19(23)20-14-11-15-9-10-16(12-14)22(15)3/h5-8,13-16H,4,9-12H2,1-3H3,(H2,20,21,23). The van der Waals surface area contributed by atoms with E-state index in [1.807, 2.05) is 31.2 Å². The molecular formula is C19H29N3O2. The molecule has 5 heteroatoms. The third kappa shape index (κ3) is 3.83. The first-order valence-electron chi connectivity index (χ1n) is 9.12. The number of carbonyl (C=O) groups is 1. The quantitative estimate of drug-likeness (QED) is 0.866. The summed E-state index contributed by atoms with van der Waals surface area (Å²) in [5.74, 6) is 0.727. The van der Waals surface area contributed by atoms with Crippen LogP contribution in [0.1, 0.15) is 46.0 Å². The molecule has 1 aromatic rings. The SMILES string of the molecule is CCC(C)Oc1ccccc1NC(=O)NC1CC2CCC(C1)N2C. The van der Waals surface area contributed by atoms with Crippen LogP contribution in [0.15, 0.2) is 24.3 Å². The first-order valence-corrected chi connectivity index (χ1v) is 9.12. The number of hydrogen-bond donors (Lipinski definition) is 2. The van der Waals surface area contributed by atoms with Crippen LogP contribution in [0.4, 0.5) is 10.5 Å². The molecule has 2 aliphatic rings. The van der Waals surface area contributed by atoms with Crippen molar-refractivity contribution < 1.29 is 9.53 Å². The van der Waals surface area contributed by atoms with Gasteiger partial charge in [-0.05, 0) is 58.2 Å². The minimum Gasteiger partial charge on any atom is -0.489 e. The molecule has 3 rings (SSSR count). The summed E-state index contributed by atoms with van der Waals surface area (Å²) in [4.78, 5) is 14.9. The van der Waals surface area contributed by atoms with Gasteiger partial charge in [-0.1, -0.05) is 19.1 Å². The largest absolute Gasteiger partial charge is 0.489 e. The molecule has 3 atom stereocenters. The van der Waals surface area contributed by atoms with E-state index in [9.17, 15) is 4.79 Å². The normalized spacial score (nSPS) is 27.5. The summed E-state index contributed by atoms with van der Waals surface area (Å²) in [5.41, 5.74) is 0.728. The zero-order valence-corrected chi connectivity index (χ0v) is 14.9. The van der Waals surface area contributed by atoms with Crippen LogP contribution in [-0.2, 0) is 0 Å². The number of rotatable bonds is 5. The van der Waals surface area contributed by atoms with Crippen molar-refractivity contribution in [3.63, 3.8) is 0 Å². The van der Waals surface area contributed by atoms with Crippen LogP contribution in [0.3, 0.4) is 0 Å². The Kier molecular flexibility index (Phi) is 5.29. The molecule has 0 saturated carbocycles. The van der Waals surface area contributed by atoms with Gasteiger partial charge >= 0.3 is 6.03 Å². The zero-order chi connectivity index (χ0) is 17.1. The van der Waals surface area contributed by atoms with Gasteiger partial charge < -0.3 is 20.3 Å². The van der Waals surface area contributed by atoms with Gasteiger partial charge in [-0.25, -0.2) is 4.79 Å². The number of amides is 2. The molecule has 2 fully saturated rings. The molecule has 24 heavy (non-hydrogen) atoms. The lowest BCUT2D eigenvalue weighted by Crippen LogP contribution is -2.49. The van der Waals surface area contributed by atoms with Crippen molar-refractivity contribution in [3.8, 4) is 5.75 Å². The second kappa shape index (κ2) is 7.43. The van der Waals surface area contributed by atoms with E-state index in [4.69, 9.17) is 4.74 Å². The fraction of sp³-hybridized carbons (Fsp3) is 0.632. The molecule has 2 saturated heterocycles. The minimum atomic E-state index is -0.135. The second-order valence-electron chi connectivity index (χ2n) is 7.15. The number of piperidine rings is 1. The molecule has 0 aliphatic carbocycles. The highest BCUT2D eigenvalue weighted by atomic mass is 16.5. The Balaban J connectivity index is 1.57. The van der Waals surface area contributed by atoms with Gasteiger partial charge in [0.15, 0.2) is 0 Å². The Bertz CT molecular complexity index is 563. The number of benzene rings is 1. The average Bonchev–Trinajstić information content (AvgIpc) is 2.78. The van der Waals surface area contributed by atoms with Crippen LogP contribution >= 0.6 is 0 Å². The fourth-order valence-corrected chi connectivity index (χ4v) is 3.85. The van der Waals surface area contributed by atoms with Crippen LogP contribution in [0.25, 0.3) is 0 Å². The van der Waals surface area contributed by atoms with E-state index in [2.05, 4.69) is 29.5 Å². The third-order valence-electron chi connectivity index (χ3n) is 5.47. The van der Waals surface area contributed by atoms with Gasteiger partial charge in [-0.3, -0.25) is 0 Å². The smallest absolute Gasteiger partial charge is 0.319 e. The highest BCUT2D eigenvalue weighted by molar-refractivity contribution is 5.91. The maximum atomic E-state index is 12.4. The number of ether oxygens (including phenoxy) is 1. The molecule has 2 aliphatic heterocycles. The molecule has 2 N–H and O–H groups in total. The van der Waals surface area contributed by atoms with Gasteiger partial charge in [0.05, 0.1) is 11.8 Å². The number of carbonyl (C=O) groups excluding carboxylic acids is 1. The summed E-state index contributed by atoms with van der Waals surface area (Å²) in [6.07, 6.45) is 5.66. The lowest BCUT2D eigenvalue weighted by Gasteiger charge is -2.36. The first-order chi connectivity index (χ1) is 11.6. The molecule has 132 valence electrons. The van der Waals surface area contributed by atoms with Gasteiger partial charge in [-0.15, -0.1) is 0 Å². The van der Waals surface area contributed by atoms with E-state index in [0.29, 0.717) is 12.1 Å². The monoisotopic (exact) mass is 331 g/mol. The van der Waals surface area contributed by atoms with Gasteiger partial charge in [0.25, 0.3) is 0 Å². The number of nitrogens with zero attached hydrogens (tertiary/aromatic N) is 1. The summed E-state index contributed by atoms with van der Waals surface area (Å²) < 4.78 is 5.89. The van der Waals surface area contributed by atoms with E-state index in [1.165, 1.54) is 12.8 Å². The Morgan fingerprint density at radius 2 is 1.96 bits per heavy atom. The van der Waals surface area contributed by atoms with E-state index >= 15 is 0 Å². The average molecular weight is 331 g/mol. The van der Waals surface area contributed by atoms with Gasteiger partial charge in [0, 0.05) is 18.1 Å². The van der Waals surface area contributed by atoms with Crippen LogP contribution in [-0.4, -0.2) is 42.2 Å². The van der Waals surface area contributed by atoms with Gasteiger partial charge in [0.2, 0.25) is 0 Å². The molecule has 0 radical (unpaired) electrons. The van der Waals surface area contributed by atoms with Crippen LogP contribution < -0.4 is 15.4 Å². The number of hydrogen-bond acceptors (Lipinski definition) is 3. The van der Waals surface area contributed by atoms with Crippen molar-refractivity contribution in [2.75, 3.05) is 12.4 Å². The topological polar surface area (TPSA) is 53.6 Å². The number of nitrogens with one attached hydrogen (secondary N) is 2. The Hall–Kier alpha value is -1.75. The molecule has 2 heterocycles. The van der Waals surface area contributed by atoms with Crippen molar-refractivity contribution in [2.45, 2.75) is 70.2 Å². The van der Waals surface area contributed by atoms with E-state index in [-0.39, 0.29) is 18.2 Å². The molecule has 1 aromatic carbocycles. The van der Waals surface area contributed by atoms with Gasteiger partial charge in [0.1, 0.15) is 5.75 Å². The number of fused-ring (bicyclic) bond motifs is 2. The number of anilines is 1. The summed E-state index contributed by atoms with van der Waals surface area (Å²) in [6.45, 7) is 4.12. The molecule has 5 nitrogen and oxygen atoms in total. The lowest BCUT2D eigenvalue weighted by molar-refractivity contribution is 0.151. The van der Waals surface area contributed by atoms with Crippen LogP contribution in [0.5, 0.6) is 5.75 Å². The maximum absolute atomic E-state index is 12.4. The van der Waals surface area contributed by atoms with Crippen LogP contribution in [0, 0.1) is 0 Å². The molecular weight excluding hydrogens is 302 g/mol. The molecule has 2 amide bonds. The minimum absolute atomic E-state index is 0.125. The van der Waals surface area contributed by atoms with E-state index in [1.54, 1.807) is 0 Å². The predicted molar refractivity (Wildman–Crippen MR) is 96.6 cm³/mol. The zero-order valence-electron chi connectivity index (χ0n) is 14.9. The van der Waals surface area contributed by atoms with Crippen molar-refractivity contribution in [3.05, 3.63) is 24.3 Å². The highest BCUT2D eigenvalue weighted by Gasteiger charge is 2.38. The first kappa shape index (κ1) is 17.1. The predicted octanol–water partition coefficient (Wildman–Crippen LogP) is 3.61. The molecule has 3 unspecified atom stereocenters. The molecule has 2 bridgehead atoms. The summed E-state index contributed by atoms with van der Waals surface area (Å²) in [5, 5.41) is 6.11. The molecule has 0 spiro atoms.